The summed E-state index contributed by atoms with van der Waals surface area (Å²) in [4.78, 5) is 37.4. The number of alkyl halides is 3. The highest BCUT2D eigenvalue weighted by Crippen LogP contribution is 2.46. The molecule has 0 radical (unpaired) electrons. The Hall–Kier alpha value is -1.09. The van der Waals surface area contributed by atoms with E-state index in [2.05, 4.69) is 5.32 Å². The minimum Gasteiger partial charge on any atom is -0.514 e. The Morgan fingerprint density at radius 1 is 1.46 bits per heavy atom. The van der Waals surface area contributed by atoms with Crippen LogP contribution in [0.25, 0.3) is 0 Å². The van der Waals surface area contributed by atoms with E-state index in [0.29, 0.717) is 10.5 Å². The van der Waals surface area contributed by atoms with Crippen molar-refractivity contribution in [3.8, 4) is 0 Å². The fourth-order valence-corrected chi connectivity index (χ4v) is 3.68. The van der Waals surface area contributed by atoms with E-state index in [4.69, 9.17) is 39.5 Å². The number of fused-ring (bicyclic) bond motifs is 1. The minimum atomic E-state index is -1.79. The molecule has 0 aromatic rings. The number of β-lactam (4-membered cyclic amide) rings is 1. The number of thioether (sulfide) groups is 1. The summed E-state index contributed by atoms with van der Waals surface area (Å²) in [6.45, 7) is 2.33. The number of aliphatic hydroxyl groups excluding tert-OH is 1. The van der Waals surface area contributed by atoms with E-state index in [1.54, 1.807) is 6.92 Å². The molecule has 0 saturated carbocycles. The molecule has 7 nitrogen and oxygen atoms in total. The maximum atomic E-state index is 12.3. The van der Waals surface area contributed by atoms with Crippen molar-refractivity contribution in [1.29, 1.82) is 0 Å². The quantitative estimate of drug-likeness (QED) is 0.317. The predicted octanol–water partition coefficient (Wildman–Crippen LogP) is 1.99. The molecule has 2 rings (SSSR count). The summed E-state index contributed by atoms with van der Waals surface area (Å²) in [7, 11) is 0. The van der Waals surface area contributed by atoms with E-state index in [1.165, 1.54) is 11.8 Å². The Kier molecular flexibility index (Phi) is 5.64. The second-order valence-corrected chi connectivity index (χ2v) is 8.73. The first-order valence-electron chi connectivity index (χ1n) is 6.63. The Labute approximate surface area is 156 Å². The SMILES string of the molecule is CC(=O)NC1C(=O)N2C(C(=O)OCC(Cl)(Cl)Cl)=C(C)C(=CO)S[C@@H]12. The molecule has 1 unspecified atom stereocenters. The van der Waals surface area contributed by atoms with Gasteiger partial charge < -0.3 is 15.2 Å². The second kappa shape index (κ2) is 7.03. The first kappa shape index (κ1) is 19.2. The number of hydrogen-bond acceptors (Lipinski definition) is 6. The van der Waals surface area contributed by atoms with E-state index in [-0.39, 0.29) is 11.6 Å². The molecule has 0 aromatic carbocycles. The highest BCUT2D eigenvalue weighted by atomic mass is 35.6. The molecule has 132 valence electrons. The van der Waals surface area contributed by atoms with Gasteiger partial charge in [-0.3, -0.25) is 14.5 Å². The van der Waals surface area contributed by atoms with Crippen LogP contribution in [0.2, 0.25) is 0 Å². The van der Waals surface area contributed by atoms with Crippen molar-refractivity contribution in [2.45, 2.75) is 29.1 Å². The monoisotopic (exact) mass is 414 g/mol. The maximum absolute atomic E-state index is 12.3. The van der Waals surface area contributed by atoms with Crippen molar-refractivity contribution in [3.63, 3.8) is 0 Å². The van der Waals surface area contributed by atoms with Gasteiger partial charge in [0.05, 0.1) is 6.26 Å². The largest absolute Gasteiger partial charge is 0.514 e. The van der Waals surface area contributed by atoms with Gasteiger partial charge in [-0.05, 0) is 12.5 Å². The molecule has 2 aliphatic rings. The lowest BCUT2D eigenvalue weighted by Gasteiger charge is -2.49. The predicted molar refractivity (Wildman–Crippen MR) is 90.5 cm³/mol. The molecule has 2 aliphatic heterocycles. The number of ether oxygens (including phenoxy) is 1. The average Bonchev–Trinajstić information content (AvgIpc) is 2.49. The van der Waals surface area contributed by atoms with Crippen LogP contribution in [0.1, 0.15) is 13.8 Å². The number of esters is 1. The Balaban J connectivity index is 2.29. The van der Waals surface area contributed by atoms with Gasteiger partial charge in [0.25, 0.3) is 5.91 Å². The van der Waals surface area contributed by atoms with Gasteiger partial charge in [-0.25, -0.2) is 4.79 Å². The number of amides is 2. The summed E-state index contributed by atoms with van der Waals surface area (Å²) in [5.41, 5.74) is 0.294. The molecule has 1 saturated heterocycles. The summed E-state index contributed by atoms with van der Waals surface area (Å²) in [5, 5.41) is 11.3. The fraction of sp³-hybridized carbons (Fsp3) is 0.462. The van der Waals surface area contributed by atoms with Gasteiger partial charge in [0.2, 0.25) is 9.70 Å². The number of allylic oxidation sites excluding steroid dienone is 1. The van der Waals surface area contributed by atoms with Crippen LogP contribution < -0.4 is 5.32 Å². The number of hydrogen-bond donors (Lipinski definition) is 2. The summed E-state index contributed by atoms with van der Waals surface area (Å²) < 4.78 is 3.14. The van der Waals surface area contributed by atoms with Crippen LogP contribution in [-0.2, 0) is 19.1 Å². The Morgan fingerprint density at radius 2 is 2.08 bits per heavy atom. The molecule has 1 fully saturated rings. The highest BCUT2D eigenvalue weighted by molar-refractivity contribution is 8.04. The average molecular weight is 416 g/mol. The smallest absolute Gasteiger partial charge is 0.355 e. The van der Waals surface area contributed by atoms with E-state index in [0.717, 1.165) is 18.0 Å². The standard InChI is InChI=1S/C13H13Cl3N2O5S/c1-5-7(3-19)24-11-8(17-6(2)20)10(21)18(11)9(5)12(22)23-4-13(14,15)16/h3,8,11,19H,4H2,1-2H3,(H,17,20)/t8?,11-/m0/s1. The number of rotatable bonds is 3. The zero-order valence-electron chi connectivity index (χ0n) is 12.5. The van der Waals surface area contributed by atoms with Crippen molar-refractivity contribution in [3.05, 3.63) is 22.4 Å². The first-order valence-corrected chi connectivity index (χ1v) is 8.64. The van der Waals surface area contributed by atoms with E-state index in [9.17, 15) is 19.5 Å². The lowest BCUT2D eigenvalue weighted by molar-refractivity contribution is -0.152. The first-order chi connectivity index (χ1) is 11.1. The maximum Gasteiger partial charge on any atom is 0.355 e. The number of carbonyl (C=O) groups is 3. The highest BCUT2D eigenvalue weighted by Gasteiger charge is 2.55. The third-order valence-corrected chi connectivity index (χ3v) is 5.01. The van der Waals surface area contributed by atoms with Gasteiger partial charge in [-0.2, -0.15) is 0 Å². The molecule has 0 spiro atoms. The molecule has 0 aromatic heterocycles. The van der Waals surface area contributed by atoms with Gasteiger partial charge in [0, 0.05) is 11.8 Å². The number of nitrogens with one attached hydrogen (secondary N) is 1. The van der Waals surface area contributed by atoms with E-state index < -0.39 is 33.7 Å². The molecule has 24 heavy (non-hydrogen) atoms. The van der Waals surface area contributed by atoms with Crippen molar-refractivity contribution in [1.82, 2.24) is 10.2 Å². The lowest BCUT2D eigenvalue weighted by atomic mass is 10.0. The van der Waals surface area contributed by atoms with E-state index in [1.807, 2.05) is 0 Å². The van der Waals surface area contributed by atoms with Crippen molar-refractivity contribution < 1.29 is 24.2 Å². The molecular formula is C13H13Cl3N2O5S. The van der Waals surface area contributed by atoms with Crippen molar-refractivity contribution in [2.75, 3.05) is 6.61 Å². The van der Waals surface area contributed by atoms with Crippen LogP contribution in [-0.4, -0.2) is 49.6 Å². The summed E-state index contributed by atoms with van der Waals surface area (Å²) >= 11 is 17.8. The fourth-order valence-electron chi connectivity index (χ4n) is 2.28. The van der Waals surface area contributed by atoms with Gasteiger partial charge in [-0.15, -0.1) is 0 Å². The Bertz CT molecular complexity index is 658. The molecule has 2 amide bonds. The molecule has 0 aliphatic carbocycles. The number of aliphatic hydroxyl groups is 1. The molecule has 2 atom stereocenters. The van der Waals surface area contributed by atoms with Crippen LogP contribution in [0, 0.1) is 0 Å². The zero-order valence-corrected chi connectivity index (χ0v) is 15.6. The summed E-state index contributed by atoms with van der Waals surface area (Å²) in [6, 6.07) is -0.800. The third-order valence-electron chi connectivity index (χ3n) is 3.29. The molecule has 11 heteroatoms. The van der Waals surface area contributed by atoms with Crippen molar-refractivity contribution in [2.24, 2.45) is 0 Å². The minimum absolute atomic E-state index is 0.0556. The summed E-state index contributed by atoms with van der Waals surface area (Å²) in [6.07, 6.45) is 0.827. The lowest BCUT2D eigenvalue weighted by Crippen LogP contribution is -2.70. The molecular weight excluding hydrogens is 403 g/mol. The second-order valence-electron chi connectivity index (χ2n) is 5.05. The van der Waals surface area contributed by atoms with Crippen LogP contribution in [0.15, 0.2) is 22.4 Å². The van der Waals surface area contributed by atoms with Crippen LogP contribution in [0.4, 0.5) is 0 Å². The topological polar surface area (TPSA) is 95.9 Å². The van der Waals surface area contributed by atoms with E-state index >= 15 is 0 Å². The number of carbonyl (C=O) groups excluding carboxylic acids is 3. The van der Waals surface area contributed by atoms with Gasteiger partial charge in [-0.1, -0.05) is 46.6 Å². The van der Waals surface area contributed by atoms with Gasteiger partial charge >= 0.3 is 5.97 Å². The summed E-state index contributed by atoms with van der Waals surface area (Å²) in [5.74, 6) is -1.70. The third kappa shape index (κ3) is 3.77. The van der Waals surface area contributed by atoms with Crippen molar-refractivity contribution >= 4 is 64.3 Å². The van der Waals surface area contributed by atoms with Crippen LogP contribution in [0.3, 0.4) is 0 Å². The van der Waals surface area contributed by atoms with Crippen LogP contribution in [0.5, 0.6) is 0 Å². The van der Waals surface area contributed by atoms with Gasteiger partial charge in [0.1, 0.15) is 23.7 Å². The molecule has 0 bridgehead atoms. The Morgan fingerprint density at radius 3 is 2.58 bits per heavy atom. The molecule has 2 heterocycles. The number of nitrogens with zero attached hydrogens (tertiary/aromatic N) is 1. The number of halogens is 3. The zero-order chi connectivity index (χ0) is 18.2. The van der Waals surface area contributed by atoms with Gasteiger partial charge in [0.15, 0.2) is 0 Å². The van der Waals surface area contributed by atoms with Crippen LogP contribution >= 0.6 is 46.6 Å². The normalized spacial score (nSPS) is 25.3. The molecule has 2 N–H and O–H groups in total.